The quantitative estimate of drug-likeness (QED) is 0.752. The molecule has 0 aromatic carbocycles. The molecule has 2 fully saturated rings. The molecule has 3 heteroatoms. The first-order valence-corrected chi connectivity index (χ1v) is 7.42. The molecule has 1 aliphatic heterocycles. The lowest BCUT2D eigenvalue weighted by Gasteiger charge is -2.44. The maximum Gasteiger partial charge on any atom is 0.0672 e. The van der Waals surface area contributed by atoms with Crippen LogP contribution in [-0.2, 0) is 0 Å². The summed E-state index contributed by atoms with van der Waals surface area (Å²) in [5, 5.41) is 9.37. The third-order valence-corrected chi connectivity index (χ3v) is 4.87. The zero-order valence-electron chi connectivity index (χ0n) is 12.1. The lowest BCUT2D eigenvalue weighted by molar-refractivity contribution is 0.0510. The Kier molecular flexibility index (Phi) is 4.64. The molecule has 3 nitrogen and oxygen atoms in total. The zero-order chi connectivity index (χ0) is 13.1. The molecule has 2 rings (SSSR count). The molecule has 2 aliphatic rings. The number of rotatable bonds is 2. The molecule has 0 N–H and O–H groups in total. The minimum absolute atomic E-state index is 0.266. The standard InChI is InChI=1S/C15H27N3/c1-12-6-7-13(10-16)15(9-12)18-8-4-5-14(11-18)17(2)3/h12-15H,4-9,11H2,1-3H3. The third-order valence-electron chi connectivity index (χ3n) is 4.87. The number of piperidine rings is 1. The van der Waals surface area contributed by atoms with Crippen molar-refractivity contribution in [3.8, 4) is 6.07 Å². The minimum atomic E-state index is 0.266. The van der Waals surface area contributed by atoms with Gasteiger partial charge in [-0.3, -0.25) is 4.90 Å². The molecule has 0 aromatic rings. The van der Waals surface area contributed by atoms with E-state index in [1.165, 1.54) is 32.2 Å². The largest absolute Gasteiger partial charge is 0.305 e. The zero-order valence-corrected chi connectivity index (χ0v) is 12.1. The summed E-state index contributed by atoms with van der Waals surface area (Å²) < 4.78 is 0. The summed E-state index contributed by atoms with van der Waals surface area (Å²) >= 11 is 0. The van der Waals surface area contributed by atoms with Crippen LogP contribution < -0.4 is 0 Å². The van der Waals surface area contributed by atoms with Crippen LogP contribution in [-0.4, -0.2) is 49.1 Å². The Balaban J connectivity index is 2.02. The number of likely N-dealkylation sites (N-methyl/N-ethyl adjacent to an activating group) is 1. The summed E-state index contributed by atoms with van der Waals surface area (Å²) in [6.07, 6.45) is 6.15. The fourth-order valence-electron chi connectivity index (χ4n) is 3.61. The van der Waals surface area contributed by atoms with Crippen LogP contribution in [0.2, 0.25) is 0 Å². The number of hydrogen-bond acceptors (Lipinski definition) is 3. The molecule has 1 aliphatic carbocycles. The summed E-state index contributed by atoms with van der Waals surface area (Å²) in [6, 6.07) is 3.75. The predicted octanol–water partition coefficient (Wildman–Crippen LogP) is 2.34. The highest BCUT2D eigenvalue weighted by atomic mass is 15.2. The summed E-state index contributed by atoms with van der Waals surface area (Å²) in [7, 11) is 4.36. The van der Waals surface area contributed by atoms with Gasteiger partial charge in [-0.1, -0.05) is 6.92 Å². The highest BCUT2D eigenvalue weighted by Crippen LogP contribution is 2.33. The normalized spacial score (nSPS) is 38.6. The summed E-state index contributed by atoms with van der Waals surface area (Å²) in [6.45, 7) is 4.69. The van der Waals surface area contributed by atoms with Crippen molar-refractivity contribution in [2.24, 2.45) is 11.8 Å². The highest BCUT2D eigenvalue weighted by Gasteiger charge is 2.35. The third kappa shape index (κ3) is 3.05. The van der Waals surface area contributed by atoms with Gasteiger partial charge >= 0.3 is 0 Å². The minimum Gasteiger partial charge on any atom is -0.305 e. The van der Waals surface area contributed by atoms with Crippen molar-refractivity contribution in [1.82, 2.24) is 9.80 Å². The Morgan fingerprint density at radius 1 is 1.22 bits per heavy atom. The number of likely N-dealkylation sites (tertiary alicyclic amines) is 1. The molecular formula is C15H27N3. The van der Waals surface area contributed by atoms with Gasteiger partial charge in [0.25, 0.3) is 0 Å². The maximum atomic E-state index is 9.37. The Hall–Kier alpha value is -0.590. The van der Waals surface area contributed by atoms with Crippen molar-refractivity contribution in [2.75, 3.05) is 27.2 Å². The van der Waals surface area contributed by atoms with Gasteiger partial charge in [-0.2, -0.15) is 5.26 Å². The van der Waals surface area contributed by atoms with Gasteiger partial charge in [-0.25, -0.2) is 0 Å². The smallest absolute Gasteiger partial charge is 0.0672 e. The second-order valence-corrected chi connectivity index (χ2v) is 6.48. The van der Waals surface area contributed by atoms with E-state index in [0.29, 0.717) is 12.1 Å². The number of nitrogens with zero attached hydrogens (tertiary/aromatic N) is 3. The van der Waals surface area contributed by atoms with Gasteiger partial charge in [-0.15, -0.1) is 0 Å². The van der Waals surface area contributed by atoms with Crippen molar-refractivity contribution in [3.63, 3.8) is 0 Å². The monoisotopic (exact) mass is 249 g/mol. The predicted molar refractivity (Wildman–Crippen MR) is 74.2 cm³/mol. The van der Waals surface area contributed by atoms with Crippen LogP contribution in [0.4, 0.5) is 0 Å². The van der Waals surface area contributed by atoms with Gasteiger partial charge < -0.3 is 4.90 Å². The second-order valence-electron chi connectivity index (χ2n) is 6.48. The van der Waals surface area contributed by atoms with E-state index in [2.05, 4.69) is 36.9 Å². The first kappa shape index (κ1) is 13.8. The van der Waals surface area contributed by atoms with Crippen LogP contribution in [0, 0.1) is 23.2 Å². The van der Waals surface area contributed by atoms with Crippen LogP contribution in [0.25, 0.3) is 0 Å². The van der Waals surface area contributed by atoms with Gasteiger partial charge in [0, 0.05) is 18.6 Å². The van der Waals surface area contributed by atoms with Crippen LogP contribution in [0.15, 0.2) is 0 Å². The molecule has 0 aromatic heterocycles. The SMILES string of the molecule is CC1CCC(C#N)C(N2CCCC(N(C)C)C2)C1. The molecule has 0 spiro atoms. The Labute approximate surface area is 112 Å². The van der Waals surface area contributed by atoms with E-state index in [0.717, 1.165) is 18.9 Å². The van der Waals surface area contributed by atoms with Crippen molar-refractivity contribution in [2.45, 2.75) is 51.1 Å². The van der Waals surface area contributed by atoms with Crippen LogP contribution in [0.3, 0.4) is 0 Å². The number of hydrogen-bond donors (Lipinski definition) is 0. The topological polar surface area (TPSA) is 30.3 Å². The van der Waals surface area contributed by atoms with Crippen molar-refractivity contribution in [3.05, 3.63) is 0 Å². The first-order chi connectivity index (χ1) is 8.61. The average Bonchev–Trinajstić information content (AvgIpc) is 2.39. The van der Waals surface area contributed by atoms with Crippen molar-refractivity contribution < 1.29 is 0 Å². The van der Waals surface area contributed by atoms with Crippen LogP contribution in [0.5, 0.6) is 0 Å². The molecule has 0 amide bonds. The Morgan fingerprint density at radius 2 is 2.00 bits per heavy atom. The molecular weight excluding hydrogens is 222 g/mol. The van der Waals surface area contributed by atoms with E-state index < -0.39 is 0 Å². The summed E-state index contributed by atoms with van der Waals surface area (Å²) in [5.74, 6) is 1.06. The van der Waals surface area contributed by atoms with E-state index in [-0.39, 0.29) is 5.92 Å². The average molecular weight is 249 g/mol. The molecule has 1 saturated carbocycles. The van der Waals surface area contributed by atoms with Gasteiger partial charge in [0.1, 0.15) is 0 Å². The maximum absolute atomic E-state index is 9.37. The van der Waals surface area contributed by atoms with Gasteiger partial charge in [0.05, 0.1) is 12.0 Å². The Morgan fingerprint density at radius 3 is 2.67 bits per heavy atom. The molecule has 18 heavy (non-hydrogen) atoms. The number of nitriles is 1. The van der Waals surface area contributed by atoms with E-state index in [9.17, 15) is 5.26 Å². The highest BCUT2D eigenvalue weighted by molar-refractivity contribution is 4.98. The lowest BCUT2D eigenvalue weighted by Crippen LogP contribution is -2.52. The van der Waals surface area contributed by atoms with E-state index in [4.69, 9.17) is 0 Å². The van der Waals surface area contributed by atoms with Gasteiger partial charge in [0.15, 0.2) is 0 Å². The molecule has 0 bridgehead atoms. The van der Waals surface area contributed by atoms with Gasteiger partial charge in [0.2, 0.25) is 0 Å². The summed E-state index contributed by atoms with van der Waals surface area (Å²) in [4.78, 5) is 4.96. The van der Waals surface area contributed by atoms with Crippen molar-refractivity contribution >= 4 is 0 Å². The molecule has 1 heterocycles. The molecule has 0 radical (unpaired) electrons. The summed E-state index contributed by atoms with van der Waals surface area (Å²) in [5.41, 5.74) is 0. The molecule has 4 unspecified atom stereocenters. The van der Waals surface area contributed by atoms with E-state index in [1.54, 1.807) is 0 Å². The Bertz CT molecular complexity index is 307. The van der Waals surface area contributed by atoms with E-state index >= 15 is 0 Å². The first-order valence-electron chi connectivity index (χ1n) is 7.42. The fraction of sp³-hybridized carbons (Fsp3) is 0.933. The molecule has 1 saturated heterocycles. The molecule has 4 atom stereocenters. The van der Waals surface area contributed by atoms with Crippen molar-refractivity contribution in [1.29, 1.82) is 5.26 Å². The molecule has 102 valence electrons. The van der Waals surface area contributed by atoms with Crippen LogP contribution >= 0.6 is 0 Å². The second kappa shape index (κ2) is 6.04. The fourth-order valence-corrected chi connectivity index (χ4v) is 3.61. The van der Waals surface area contributed by atoms with Gasteiger partial charge in [-0.05, 0) is 58.7 Å². The van der Waals surface area contributed by atoms with E-state index in [1.807, 2.05) is 0 Å². The van der Waals surface area contributed by atoms with Crippen LogP contribution in [0.1, 0.15) is 39.0 Å². The lowest BCUT2D eigenvalue weighted by atomic mass is 9.78.